The molecule has 2 aromatic carbocycles. The van der Waals surface area contributed by atoms with Crippen molar-refractivity contribution in [3.8, 4) is 11.8 Å². The molecule has 2 N–H and O–H groups in total. The Hall–Kier alpha value is -2.80. The highest BCUT2D eigenvalue weighted by Crippen LogP contribution is 2.22. The molecular weight excluding hydrogens is 228 g/mol. The van der Waals surface area contributed by atoms with Gasteiger partial charge in [-0.05, 0) is 24.3 Å². The van der Waals surface area contributed by atoms with Gasteiger partial charge in [0.1, 0.15) is 11.8 Å². The summed E-state index contributed by atoms with van der Waals surface area (Å²) in [5.41, 5.74) is 0.790. The molecule has 2 rings (SSSR count). The molecular formula is C14H10N2O2. The molecule has 4 nitrogen and oxygen atoms in total. The topological polar surface area (TPSA) is 73.1 Å². The van der Waals surface area contributed by atoms with Gasteiger partial charge in [0.2, 0.25) is 0 Å². The van der Waals surface area contributed by atoms with E-state index in [1.165, 1.54) is 12.1 Å². The van der Waals surface area contributed by atoms with E-state index in [9.17, 15) is 9.90 Å². The van der Waals surface area contributed by atoms with Crippen LogP contribution in [0.25, 0.3) is 0 Å². The number of anilines is 1. The summed E-state index contributed by atoms with van der Waals surface area (Å²) < 4.78 is 0. The molecule has 88 valence electrons. The highest BCUT2D eigenvalue weighted by molar-refractivity contribution is 6.06. The van der Waals surface area contributed by atoms with Crippen LogP contribution in [-0.2, 0) is 0 Å². The fourth-order valence-electron chi connectivity index (χ4n) is 1.54. The fraction of sp³-hybridized carbons (Fsp3) is 0. The van der Waals surface area contributed by atoms with Crippen molar-refractivity contribution >= 4 is 11.6 Å². The van der Waals surface area contributed by atoms with Gasteiger partial charge in [0.25, 0.3) is 5.91 Å². The number of carbonyl (C=O) groups excluding carboxylic acids is 1. The van der Waals surface area contributed by atoms with Crippen LogP contribution < -0.4 is 5.32 Å². The lowest BCUT2D eigenvalue weighted by atomic mass is 10.1. The zero-order chi connectivity index (χ0) is 13.0. The minimum absolute atomic E-state index is 0.0794. The standard InChI is InChI=1S/C14H10N2O2/c15-9-10-5-4-8-12(13(10)17)14(18)16-11-6-2-1-3-7-11/h1-8,17H,(H,16,18). The Labute approximate surface area is 104 Å². The Bertz CT molecular complexity index is 615. The van der Waals surface area contributed by atoms with Crippen LogP contribution in [0, 0.1) is 11.3 Å². The van der Waals surface area contributed by atoms with Crippen molar-refractivity contribution in [2.24, 2.45) is 0 Å². The predicted octanol–water partition coefficient (Wildman–Crippen LogP) is 2.52. The van der Waals surface area contributed by atoms with Gasteiger partial charge in [-0.25, -0.2) is 0 Å². The molecule has 0 aliphatic carbocycles. The van der Waals surface area contributed by atoms with Crippen molar-refractivity contribution in [1.29, 1.82) is 5.26 Å². The molecule has 0 aliphatic rings. The summed E-state index contributed by atoms with van der Waals surface area (Å²) in [6.07, 6.45) is 0. The van der Waals surface area contributed by atoms with Gasteiger partial charge < -0.3 is 10.4 Å². The highest BCUT2D eigenvalue weighted by atomic mass is 16.3. The molecule has 2 aromatic rings. The van der Waals surface area contributed by atoms with Crippen molar-refractivity contribution in [2.75, 3.05) is 5.32 Å². The maximum atomic E-state index is 11.9. The first-order chi connectivity index (χ1) is 8.72. The van der Waals surface area contributed by atoms with Gasteiger partial charge in [0.05, 0.1) is 11.1 Å². The van der Waals surface area contributed by atoms with Crippen LogP contribution in [0.3, 0.4) is 0 Å². The average Bonchev–Trinajstić information content (AvgIpc) is 2.40. The zero-order valence-electron chi connectivity index (χ0n) is 9.42. The molecule has 18 heavy (non-hydrogen) atoms. The fourth-order valence-corrected chi connectivity index (χ4v) is 1.54. The van der Waals surface area contributed by atoms with Crippen LogP contribution in [0.5, 0.6) is 5.75 Å². The first kappa shape index (κ1) is 11.7. The number of hydrogen-bond acceptors (Lipinski definition) is 3. The number of benzene rings is 2. The Morgan fingerprint density at radius 1 is 1.11 bits per heavy atom. The summed E-state index contributed by atoms with van der Waals surface area (Å²) >= 11 is 0. The number of nitriles is 1. The number of nitrogens with one attached hydrogen (secondary N) is 1. The first-order valence-electron chi connectivity index (χ1n) is 5.31. The van der Waals surface area contributed by atoms with Crippen molar-refractivity contribution in [3.63, 3.8) is 0 Å². The normalized spacial score (nSPS) is 9.50. The van der Waals surface area contributed by atoms with Gasteiger partial charge in [-0.3, -0.25) is 4.79 Å². The lowest BCUT2D eigenvalue weighted by Crippen LogP contribution is -2.12. The molecule has 0 radical (unpaired) electrons. The van der Waals surface area contributed by atoms with E-state index in [0.717, 1.165) is 0 Å². The third-order valence-electron chi connectivity index (χ3n) is 2.43. The van der Waals surface area contributed by atoms with Crippen molar-refractivity contribution in [3.05, 3.63) is 59.7 Å². The number of rotatable bonds is 2. The third-order valence-corrected chi connectivity index (χ3v) is 2.43. The smallest absolute Gasteiger partial charge is 0.259 e. The van der Waals surface area contributed by atoms with E-state index < -0.39 is 5.91 Å². The second-order valence-electron chi connectivity index (χ2n) is 3.63. The third kappa shape index (κ3) is 2.30. The number of amides is 1. The molecule has 0 saturated carbocycles. The Morgan fingerprint density at radius 3 is 2.50 bits per heavy atom. The lowest BCUT2D eigenvalue weighted by molar-refractivity contribution is 0.102. The monoisotopic (exact) mass is 238 g/mol. The molecule has 0 heterocycles. The summed E-state index contributed by atoms with van der Waals surface area (Å²) in [5, 5.41) is 21.2. The predicted molar refractivity (Wildman–Crippen MR) is 67.2 cm³/mol. The maximum Gasteiger partial charge on any atom is 0.259 e. The SMILES string of the molecule is N#Cc1cccc(C(=O)Nc2ccccc2)c1O. The molecule has 0 spiro atoms. The van der Waals surface area contributed by atoms with Crippen molar-refractivity contribution in [2.45, 2.75) is 0 Å². The van der Waals surface area contributed by atoms with E-state index in [0.29, 0.717) is 5.69 Å². The number of carbonyl (C=O) groups is 1. The van der Waals surface area contributed by atoms with Gasteiger partial charge in [-0.1, -0.05) is 24.3 Å². The van der Waals surface area contributed by atoms with E-state index in [1.54, 1.807) is 30.3 Å². The van der Waals surface area contributed by atoms with Crippen LogP contribution in [0.2, 0.25) is 0 Å². The molecule has 4 heteroatoms. The molecule has 0 aliphatic heterocycles. The van der Waals surface area contributed by atoms with Crippen LogP contribution in [0.4, 0.5) is 5.69 Å². The molecule has 0 atom stereocenters. The quantitative estimate of drug-likeness (QED) is 0.844. The Balaban J connectivity index is 2.28. The van der Waals surface area contributed by atoms with Gasteiger partial charge in [0, 0.05) is 5.69 Å². The van der Waals surface area contributed by atoms with E-state index in [-0.39, 0.29) is 16.9 Å². The highest BCUT2D eigenvalue weighted by Gasteiger charge is 2.13. The van der Waals surface area contributed by atoms with E-state index in [4.69, 9.17) is 5.26 Å². The van der Waals surface area contributed by atoms with Crippen LogP contribution in [0.15, 0.2) is 48.5 Å². The Kier molecular flexibility index (Phi) is 3.26. The average molecular weight is 238 g/mol. The number of aromatic hydroxyl groups is 1. The number of para-hydroxylation sites is 2. The van der Waals surface area contributed by atoms with Crippen LogP contribution in [0.1, 0.15) is 15.9 Å². The number of hydrogen-bond donors (Lipinski definition) is 2. The largest absolute Gasteiger partial charge is 0.506 e. The molecule has 0 aromatic heterocycles. The first-order valence-corrected chi connectivity index (χ1v) is 5.31. The van der Waals surface area contributed by atoms with Crippen molar-refractivity contribution in [1.82, 2.24) is 0 Å². The van der Waals surface area contributed by atoms with Crippen molar-refractivity contribution < 1.29 is 9.90 Å². The molecule has 0 unspecified atom stereocenters. The minimum Gasteiger partial charge on any atom is -0.506 e. The minimum atomic E-state index is -0.448. The van der Waals surface area contributed by atoms with E-state index >= 15 is 0 Å². The molecule has 0 bridgehead atoms. The number of phenolic OH excluding ortho intramolecular Hbond substituents is 1. The maximum absolute atomic E-state index is 11.9. The lowest BCUT2D eigenvalue weighted by Gasteiger charge is -2.07. The molecule has 1 amide bonds. The van der Waals surface area contributed by atoms with Crippen LogP contribution >= 0.6 is 0 Å². The number of phenols is 1. The second-order valence-corrected chi connectivity index (χ2v) is 3.63. The summed E-state index contributed by atoms with van der Waals surface area (Å²) in [6, 6.07) is 15.2. The van der Waals surface area contributed by atoms with E-state index in [2.05, 4.69) is 5.32 Å². The second kappa shape index (κ2) is 5.02. The zero-order valence-corrected chi connectivity index (χ0v) is 9.42. The number of nitrogens with zero attached hydrogens (tertiary/aromatic N) is 1. The van der Waals surface area contributed by atoms with Crippen LogP contribution in [-0.4, -0.2) is 11.0 Å². The van der Waals surface area contributed by atoms with Gasteiger partial charge in [0.15, 0.2) is 0 Å². The van der Waals surface area contributed by atoms with Gasteiger partial charge in [-0.15, -0.1) is 0 Å². The summed E-state index contributed by atoms with van der Waals surface area (Å²) in [4.78, 5) is 11.9. The molecule has 0 saturated heterocycles. The summed E-state index contributed by atoms with van der Waals surface area (Å²) in [5.74, 6) is -0.746. The summed E-state index contributed by atoms with van der Waals surface area (Å²) in [7, 11) is 0. The van der Waals surface area contributed by atoms with Gasteiger partial charge in [-0.2, -0.15) is 5.26 Å². The Morgan fingerprint density at radius 2 is 1.83 bits per heavy atom. The molecule has 0 fully saturated rings. The summed E-state index contributed by atoms with van der Waals surface area (Å²) in [6.45, 7) is 0. The van der Waals surface area contributed by atoms with Gasteiger partial charge >= 0.3 is 0 Å². The van der Waals surface area contributed by atoms with E-state index in [1.807, 2.05) is 12.1 Å².